The van der Waals surface area contributed by atoms with Crippen LogP contribution in [0.4, 0.5) is 13.2 Å². The Labute approximate surface area is 197 Å². The number of halogens is 3. The Kier molecular flexibility index (Phi) is 7.03. The molecule has 0 N–H and O–H groups in total. The molecular weight excluding hydrogens is 441 g/mol. The monoisotopic (exact) mass is 468 g/mol. The number of nitrogens with zero attached hydrogens (tertiary/aromatic N) is 2. The summed E-state index contributed by atoms with van der Waals surface area (Å²) in [5.41, 5.74) is 3.58. The van der Waals surface area contributed by atoms with Crippen molar-refractivity contribution in [2.45, 2.75) is 45.5 Å². The maximum atomic E-state index is 12.7. The van der Waals surface area contributed by atoms with E-state index in [1.54, 1.807) is 6.20 Å². The predicted molar refractivity (Wildman–Crippen MR) is 125 cm³/mol. The SMILES string of the molecule is CCCC(=O)c1ncc(-c2ccc(OC3CN(Cc4ccc(C(F)(F)F)cc4)C3)cc2)cc1C. The van der Waals surface area contributed by atoms with E-state index in [2.05, 4.69) is 9.88 Å². The molecule has 3 aromatic rings. The average Bonchev–Trinajstić information content (AvgIpc) is 2.78. The molecule has 0 bridgehead atoms. The number of alkyl halides is 3. The number of benzene rings is 2. The normalized spacial score (nSPS) is 14.6. The maximum absolute atomic E-state index is 12.7. The largest absolute Gasteiger partial charge is 0.488 e. The zero-order valence-electron chi connectivity index (χ0n) is 19.2. The number of pyridine rings is 1. The molecule has 0 aliphatic carbocycles. The van der Waals surface area contributed by atoms with Gasteiger partial charge >= 0.3 is 6.18 Å². The van der Waals surface area contributed by atoms with Crippen LogP contribution in [0.1, 0.15) is 46.9 Å². The topological polar surface area (TPSA) is 42.4 Å². The molecule has 4 rings (SSSR count). The second-order valence-electron chi connectivity index (χ2n) is 8.72. The van der Waals surface area contributed by atoms with Gasteiger partial charge in [-0.25, -0.2) is 0 Å². The lowest BCUT2D eigenvalue weighted by Gasteiger charge is -2.39. The highest BCUT2D eigenvalue weighted by atomic mass is 19.4. The van der Waals surface area contributed by atoms with E-state index in [1.165, 1.54) is 12.1 Å². The number of hydrogen-bond acceptors (Lipinski definition) is 4. The highest BCUT2D eigenvalue weighted by Crippen LogP contribution is 2.30. The Morgan fingerprint density at radius 3 is 2.32 bits per heavy atom. The molecule has 0 radical (unpaired) electrons. The minimum Gasteiger partial charge on any atom is -0.488 e. The van der Waals surface area contributed by atoms with Crippen LogP contribution in [0, 0.1) is 6.92 Å². The van der Waals surface area contributed by atoms with Crippen LogP contribution in [0.5, 0.6) is 5.75 Å². The van der Waals surface area contributed by atoms with E-state index in [4.69, 9.17) is 4.74 Å². The number of hydrogen-bond donors (Lipinski definition) is 0. The number of Topliss-reactive ketones (excluding diaryl/α,β-unsaturated/α-hetero) is 1. The highest BCUT2D eigenvalue weighted by molar-refractivity contribution is 5.95. The fourth-order valence-electron chi connectivity index (χ4n) is 4.07. The number of ketones is 1. The van der Waals surface area contributed by atoms with Gasteiger partial charge in [-0.3, -0.25) is 14.7 Å². The summed E-state index contributed by atoms with van der Waals surface area (Å²) in [5, 5.41) is 0. The van der Waals surface area contributed by atoms with E-state index >= 15 is 0 Å². The number of carbonyl (C=O) groups is 1. The van der Waals surface area contributed by atoms with E-state index in [0.29, 0.717) is 18.7 Å². The molecule has 1 aliphatic rings. The molecule has 2 heterocycles. The third-order valence-electron chi connectivity index (χ3n) is 5.92. The van der Waals surface area contributed by atoms with Crippen LogP contribution in [0.15, 0.2) is 60.8 Å². The summed E-state index contributed by atoms with van der Waals surface area (Å²) >= 11 is 0. The second kappa shape index (κ2) is 9.97. The fourth-order valence-corrected chi connectivity index (χ4v) is 4.07. The zero-order valence-corrected chi connectivity index (χ0v) is 19.2. The van der Waals surface area contributed by atoms with Gasteiger partial charge in [-0.1, -0.05) is 31.2 Å². The van der Waals surface area contributed by atoms with Crippen molar-refractivity contribution in [2.24, 2.45) is 0 Å². The molecule has 0 unspecified atom stereocenters. The van der Waals surface area contributed by atoms with Crippen molar-refractivity contribution in [3.8, 4) is 16.9 Å². The molecule has 4 nitrogen and oxygen atoms in total. The van der Waals surface area contributed by atoms with Gasteiger partial charge in [0.15, 0.2) is 5.78 Å². The van der Waals surface area contributed by atoms with Gasteiger partial charge in [0.25, 0.3) is 0 Å². The highest BCUT2D eigenvalue weighted by Gasteiger charge is 2.31. The first-order valence-electron chi connectivity index (χ1n) is 11.4. The molecule has 178 valence electrons. The minimum absolute atomic E-state index is 0.0491. The summed E-state index contributed by atoms with van der Waals surface area (Å²) in [6.45, 7) is 5.92. The summed E-state index contributed by atoms with van der Waals surface area (Å²) in [7, 11) is 0. The summed E-state index contributed by atoms with van der Waals surface area (Å²) in [5.74, 6) is 0.838. The number of ether oxygens (including phenoxy) is 1. The second-order valence-corrected chi connectivity index (χ2v) is 8.72. The van der Waals surface area contributed by atoms with Crippen LogP contribution >= 0.6 is 0 Å². The van der Waals surface area contributed by atoms with Gasteiger partial charge < -0.3 is 4.74 Å². The summed E-state index contributed by atoms with van der Waals surface area (Å²) in [6, 6.07) is 15.1. The summed E-state index contributed by atoms with van der Waals surface area (Å²) < 4.78 is 44.1. The first kappa shape index (κ1) is 24.0. The first-order chi connectivity index (χ1) is 16.2. The van der Waals surface area contributed by atoms with Gasteiger partial charge in [-0.15, -0.1) is 0 Å². The lowest BCUT2D eigenvalue weighted by molar-refractivity contribution is -0.137. The third-order valence-corrected chi connectivity index (χ3v) is 5.92. The fraction of sp³-hybridized carbons (Fsp3) is 0.333. The van der Waals surface area contributed by atoms with Crippen LogP contribution in [-0.4, -0.2) is 34.9 Å². The number of rotatable bonds is 8. The van der Waals surface area contributed by atoms with Crippen molar-refractivity contribution in [1.82, 2.24) is 9.88 Å². The van der Waals surface area contributed by atoms with Crippen molar-refractivity contribution in [3.63, 3.8) is 0 Å². The van der Waals surface area contributed by atoms with Crippen LogP contribution < -0.4 is 4.74 Å². The van der Waals surface area contributed by atoms with E-state index in [0.717, 1.165) is 59.6 Å². The quantitative estimate of drug-likeness (QED) is 0.363. The molecule has 1 fully saturated rings. The van der Waals surface area contributed by atoms with Gasteiger partial charge in [0.05, 0.1) is 5.56 Å². The molecular formula is C27H27F3N2O2. The molecule has 7 heteroatoms. The van der Waals surface area contributed by atoms with Crippen molar-refractivity contribution in [1.29, 1.82) is 0 Å². The van der Waals surface area contributed by atoms with E-state index < -0.39 is 11.7 Å². The summed E-state index contributed by atoms with van der Waals surface area (Å²) in [4.78, 5) is 18.7. The molecule has 0 atom stereocenters. The number of aromatic nitrogens is 1. The number of likely N-dealkylation sites (tertiary alicyclic amines) is 1. The van der Waals surface area contributed by atoms with Gasteiger partial charge in [-0.05, 0) is 60.4 Å². The molecule has 34 heavy (non-hydrogen) atoms. The molecule has 0 saturated carbocycles. The Morgan fingerprint density at radius 1 is 1.06 bits per heavy atom. The standard InChI is InChI=1S/C27H27F3N2O2/c1-3-4-25(33)26-18(2)13-21(14-31-26)20-7-11-23(12-8-20)34-24-16-32(17-24)15-19-5-9-22(10-6-19)27(28,29)30/h5-14,24H,3-4,15-17H2,1-2H3. The van der Waals surface area contributed by atoms with Crippen LogP contribution in [0.2, 0.25) is 0 Å². The lowest BCUT2D eigenvalue weighted by Crippen LogP contribution is -2.53. The minimum atomic E-state index is -4.31. The van der Waals surface area contributed by atoms with Gasteiger partial charge in [-0.2, -0.15) is 13.2 Å². The summed E-state index contributed by atoms with van der Waals surface area (Å²) in [6.07, 6.45) is -1.22. The van der Waals surface area contributed by atoms with Crippen molar-refractivity contribution < 1.29 is 22.7 Å². The Bertz CT molecular complexity index is 1140. The number of aryl methyl sites for hydroxylation is 1. The van der Waals surface area contributed by atoms with E-state index in [1.807, 2.05) is 44.2 Å². The smallest absolute Gasteiger partial charge is 0.416 e. The van der Waals surface area contributed by atoms with E-state index in [-0.39, 0.29) is 11.9 Å². The van der Waals surface area contributed by atoms with Crippen LogP contribution in [-0.2, 0) is 12.7 Å². The van der Waals surface area contributed by atoms with Crippen molar-refractivity contribution in [3.05, 3.63) is 83.2 Å². The van der Waals surface area contributed by atoms with Crippen LogP contribution in [0.25, 0.3) is 11.1 Å². The first-order valence-corrected chi connectivity index (χ1v) is 11.4. The molecule has 2 aromatic carbocycles. The van der Waals surface area contributed by atoms with Crippen molar-refractivity contribution >= 4 is 5.78 Å². The van der Waals surface area contributed by atoms with Gasteiger partial charge in [0.1, 0.15) is 17.5 Å². The van der Waals surface area contributed by atoms with Crippen molar-refractivity contribution in [2.75, 3.05) is 13.1 Å². The molecule has 1 saturated heterocycles. The average molecular weight is 469 g/mol. The predicted octanol–water partition coefficient (Wildman–Crippen LogP) is 6.32. The Hall–Kier alpha value is -3.19. The third kappa shape index (κ3) is 5.65. The molecule has 0 spiro atoms. The zero-order chi connectivity index (χ0) is 24.3. The van der Waals surface area contributed by atoms with E-state index in [9.17, 15) is 18.0 Å². The Balaban J connectivity index is 1.29. The van der Waals surface area contributed by atoms with Gasteiger partial charge in [0.2, 0.25) is 0 Å². The van der Waals surface area contributed by atoms with Crippen LogP contribution in [0.3, 0.4) is 0 Å². The Morgan fingerprint density at radius 2 is 1.74 bits per heavy atom. The molecule has 0 amide bonds. The lowest BCUT2D eigenvalue weighted by atomic mass is 10.0. The maximum Gasteiger partial charge on any atom is 0.416 e. The van der Waals surface area contributed by atoms with Gasteiger partial charge in [0, 0.05) is 37.8 Å². The molecule has 1 aliphatic heterocycles. The number of carbonyl (C=O) groups excluding carboxylic acids is 1. The molecule has 1 aromatic heterocycles.